The minimum atomic E-state index is -3.92. The van der Waals surface area contributed by atoms with Crippen LogP contribution in [-0.4, -0.2) is 38.1 Å². The van der Waals surface area contributed by atoms with E-state index in [1.165, 1.54) is 0 Å². The van der Waals surface area contributed by atoms with Gasteiger partial charge in [-0.25, -0.2) is 17.2 Å². The highest BCUT2D eigenvalue weighted by Gasteiger charge is 2.26. The third kappa shape index (κ3) is 5.15. The molecule has 1 amide bonds. The first-order chi connectivity index (χ1) is 11.3. The predicted molar refractivity (Wildman–Crippen MR) is 88.0 cm³/mol. The molecule has 1 saturated heterocycles. The number of benzene rings is 1. The topological polar surface area (TPSA) is 66.5 Å². The second-order valence-electron chi connectivity index (χ2n) is 6.15. The molecule has 0 aliphatic carbocycles. The van der Waals surface area contributed by atoms with E-state index in [0.717, 1.165) is 37.8 Å². The Bertz CT molecular complexity index is 687. The van der Waals surface area contributed by atoms with E-state index in [1.54, 1.807) is 11.8 Å². The van der Waals surface area contributed by atoms with Crippen LogP contribution in [0.25, 0.3) is 0 Å². The molecule has 0 spiro atoms. The van der Waals surface area contributed by atoms with E-state index in [4.69, 9.17) is 0 Å². The summed E-state index contributed by atoms with van der Waals surface area (Å²) in [6, 6.07) is 2.58. The van der Waals surface area contributed by atoms with Crippen molar-refractivity contribution in [3.8, 4) is 0 Å². The summed E-state index contributed by atoms with van der Waals surface area (Å²) in [6.45, 7) is 2.83. The Morgan fingerprint density at radius 3 is 2.42 bits per heavy atom. The molecule has 1 fully saturated rings. The molecule has 1 aliphatic heterocycles. The Labute approximate surface area is 141 Å². The number of hydrogen-bond acceptors (Lipinski definition) is 3. The number of hydrogen-bond donors (Lipinski definition) is 1. The van der Waals surface area contributed by atoms with Gasteiger partial charge < -0.3 is 4.90 Å². The van der Waals surface area contributed by atoms with Gasteiger partial charge in [0.2, 0.25) is 15.9 Å². The van der Waals surface area contributed by atoms with Gasteiger partial charge in [-0.1, -0.05) is 19.8 Å². The molecule has 1 unspecified atom stereocenters. The Morgan fingerprint density at radius 2 is 1.83 bits per heavy atom. The number of likely N-dealkylation sites (tertiary alicyclic amines) is 1. The van der Waals surface area contributed by atoms with Crippen LogP contribution in [0.3, 0.4) is 0 Å². The summed E-state index contributed by atoms with van der Waals surface area (Å²) in [5.74, 6) is -3.17. The van der Waals surface area contributed by atoms with Crippen LogP contribution in [0.1, 0.15) is 32.6 Å². The van der Waals surface area contributed by atoms with Gasteiger partial charge in [-0.15, -0.1) is 0 Å². The van der Waals surface area contributed by atoms with Crippen LogP contribution < -0.4 is 4.72 Å². The zero-order chi connectivity index (χ0) is 17.7. The number of rotatable bonds is 5. The summed E-state index contributed by atoms with van der Waals surface area (Å²) in [5, 5.41) is 0. The van der Waals surface area contributed by atoms with Gasteiger partial charge in [-0.3, -0.25) is 9.52 Å². The van der Waals surface area contributed by atoms with E-state index in [9.17, 15) is 22.0 Å². The highest BCUT2D eigenvalue weighted by Crippen LogP contribution is 2.18. The lowest BCUT2D eigenvalue weighted by Crippen LogP contribution is -2.39. The van der Waals surface area contributed by atoms with Crippen LogP contribution in [0.5, 0.6) is 0 Å². The first-order valence-electron chi connectivity index (χ1n) is 8.03. The fraction of sp³-hybridized carbons (Fsp3) is 0.562. The van der Waals surface area contributed by atoms with Gasteiger partial charge >= 0.3 is 0 Å². The number of sulfonamides is 1. The molecule has 2 rings (SSSR count). The fourth-order valence-corrected chi connectivity index (χ4v) is 4.17. The van der Waals surface area contributed by atoms with E-state index >= 15 is 0 Å². The van der Waals surface area contributed by atoms with Gasteiger partial charge in [-0.2, -0.15) is 0 Å². The summed E-state index contributed by atoms with van der Waals surface area (Å²) in [7, 11) is -3.92. The lowest BCUT2D eigenvalue weighted by atomic mass is 10.2. The largest absolute Gasteiger partial charge is 0.342 e. The van der Waals surface area contributed by atoms with Crippen LogP contribution in [0.4, 0.5) is 14.5 Å². The third-order valence-electron chi connectivity index (χ3n) is 4.01. The summed E-state index contributed by atoms with van der Waals surface area (Å²) in [4.78, 5) is 14.1. The molecule has 5 nitrogen and oxygen atoms in total. The van der Waals surface area contributed by atoms with Crippen LogP contribution in [0, 0.1) is 17.6 Å². The molecule has 0 aromatic heterocycles. The van der Waals surface area contributed by atoms with Crippen LogP contribution >= 0.6 is 0 Å². The number of anilines is 1. The number of halogens is 2. The molecule has 0 bridgehead atoms. The van der Waals surface area contributed by atoms with E-state index in [1.807, 2.05) is 0 Å². The van der Waals surface area contributed by atoms with E-state index < -0.39 is 33.3 Å². The maximum Gasteiger partial charge on any atom is 0.233 e. The van der Waals surface area contributed by atoms with Crippen LogP contribution in [-0.2, 0) is 14.8 Å². The molecule has 0 saturated carbocycles. The van der Waals surface area contributed by atoms with Crippen molar-refractivity contribution >= 4 is 21.6 Å². The molecule has 1 atom stereocenters. The highest BCUT2D eigenvalue weighted by atomic mass is 32.2. The normalized spacial score (nSPS) is 17.2. The molecule has 1 aromatic carbocycles. The lowest BCUT2D eigenvalue weighted by Gasteiger charge is -2.24. The molecule has 1 aliphatic rings. The van der Waals surface area contributed by atoms with Gasteiger partial charge in [0, 0.05) is 19.2 Å². The monoisotopic (exact) mass is 360 g/mol. The van der Waals surface area contributed by atoms with Crippen molar-refractivity contribution in [3.63, 3.8) is 0 Å². The SMILES string of the molecule is CC(CS(=O)(=O)Nc1ccc(F)cc1F)C(=O)N1CCCCCC1. The molecule has 24 heavy (non-hydrogen) atoms. The van der Waals surface area contributed by atoms with Crippen molar-refractivity contribution in [2.45, 2.75) is 32.6 Å². The number of amides is 1. The molecule has 1 heterocycles. The fourth-order valence-electron chi connectivity index (χ4n) is 2.78. The van der Waals surface area contributed by atoms with E-state index in [0.29, 0.717) is 19.2 Å². The van der Waals surface area contributed by atoms with Crippen molar-refractivity contribution in [3.05, 3.63) is 29.8 Å². The molecular formula is C16H22F2N2O3S. The predicted octanol–water partition coefficient (Wildman–Crippen LogP) is 2.75. The Hall–Kier alpha value is -1.70. The van der Waals surface area contributed by atoms with Gasteiger partial charge in [-0.05, 0) is 25.0 Å². The first kappa shape index (κ1) is 18.6. The summed E-state index contributed by atoms with van der Waals surface area (Å²) in [5.41, 5.74) is -0.328. The summed E-state index contributed by atoms with van der Waals surface area (Å²) in [6.07, 6.45) is 3.98. The molecule has 1 N–H and O–H groups in total. The second kappa shape index (κ2) is 7.92. The maximum atomic E-state index is 13.6. The zero-order valence-electron chi connectivity index (χ0n) is 13.6. The number of nitrogens with zero attached hydrogens (tertiary/aromatic N) is 1. The molecule has 0 radical (unpaired) electrons. The van der Waals surface area contributed by atoms with Crippen molar-refractivity contribution in [1.29, 1.82) is 0 Å². The smallest absolute Gasteiger partial charge is 0.233 e. The molecule has 134 valence electrons. The molecule has 1 aromatic rings. The number of carbonyl (C=O) groups excluding carboxylic acids is 1. The van der Waals surface area contributed by atoms with E-state index in [2.05, 4.69) is 4.72 Å². The van der Waals surface area contributed by atoms with Gasteiger partial charge in [0.15, 0.2) is 0 Å². The Balaban J connectivity index is 2.00. The quantitative estimate of drug-likeness (QED) is 0.878. The number of carbonyl (C=O) groups is 1. The van der Waals surface area contributed by atoms with E-state index in [-0.39, 0.29) is 11.6 Å². The van der Waals surface area contributed by atoms with Gasteiger partial charge in [0.1, 0.15) is 11.6 Å². The minimum absolute atomic E-state index is 0.207. The minimum Gasteiger partial charge on any atom is -0.342 e. The Kier molecular flexibility index (Phi) is 6.15. The zero-order valence-corrected chi connectivity index (χ0v) is 14.4. The summed E-state index contributed by atoms with van der Waals surface area (Å²) < 4.78 is 52.8. The highest BCUT2D eigenvalue weighted by molar-refractivity contribution is 7.92. The molecule has 8 heteroatoms. The first-order valence-corrected chi connectivity index (χ1v) is 9.68. The Morgan fingerprint density at radius 1 is 1.21 bits per heavy atom. The van der Waals surface area contributed by atoms with Crippen molar-refractivity contribution in [1.82, 2.24) is 4.90 Å². The average Bonchev–Trinajstić information content (AvgIpc) is 2.78. The third-order valence-corrected chi connectivity index (χ3v) is 5.48. The van der Waals surface area contributed by atoms with Gasteiger partial charge in [0.25, 0.3) is 0 Å². The standard InChI is InChI=1S/C16H22F2N2O3S/c1-12(16(21)20-8-4-2-3-5-9-20)11-24(22,23)19-15-7-6-13(17)10-14(15)18/h6-7,10,12,19H,2-5,8-9,11H2,1H3. The second-order valence-corrected chi connectivity index (χ2v) is 7.92. The summed E-state index contributed by atoms with van der Waals surface area (Å²) >= 11 is 0. The number of nitrogens with one attached hydrogen (secondary N) is 1. The molecular weight excluding hydrogens is 338 g/mol. The van der Waals surface area contributed by atoms with Gasteiger partial charge in [0.05, 0.1) is 17.4 Å². The van der Waals surface area contributed by atoms with Crippen LogP contribution in [0.2, 0.25) is 0 Å². The van der Waals surface area contributed by atoms with Crippen molar-refractivity contribution in [2.75, 3.05) is 23.6 Å². The maximum absolute atomic E-state index is 13.6. The average molecular weight is 360 g/mol. The lowest BCUT2D eigenvalue weighted by molar-refractivity contribution is -0.134. The van der Waals surface area contributed by atoms with Crippen molar-refractivity contribution in [2.24, 2.45) is 5.92 Å². The van der Waals surface area contributed by atoms with Crippen molar-refractivity contribution < 1.29 is 22.0 Å². The van der Waals surface area contributed by atoms with Crippen LogP contribution in [0.15, 0.2) is 18.2 Å².